The zero-order chi connectivity index (χ0) is 14.0. The first-order chi connectivity index (χ1) is 8.94. The van der Waals surface area contributed by atoms with Gasteiger partial charge in [0.1, 0.15) is 5.76 Å². The third-order valence-electron chi connectivity index (χ3n) is 3.91. The zero-order valence-electron chi connectivity index (χ0n) is 12.0. The van der Waals surface area contributed by atoms with Crippen LogP contribution in [0.25, 0.3) is 0 Å². The van der Waals surface area contributed by atoms with Crippen LogP contribution in [0.15, 0.2) is 41.0 Å². The lowest BCUT2D eigenvalue weighted by Gasteiger charge is -2.23. The van der Waals surface area contributed by atoms with Crippen LogP contribution in [-0.2, 0) is 5.41 Å². The Balaban J connectivity index is 2.23. The van der Waals surface area contributed by atoms with E-state index in [9.17, 15) is 0 Å². The summed E-state index contributed by atoms with van der Waals surface area (Å²) in [5.74, 6) is 0.947. The highest BCUT2D eigenvalue weighted by atomic mass is 79.9. The van der Waals surface area contributed by atoms with Gasteiger partial charge in [-0.15, -0.1) is 0 Å². The van der Waals surface area contributed by atoms with Crippen LogP contribution in [0, 0.1) is 6.92 Å². The molecule has 0 N–H and O–H groups in total. The van der Waals surface area contributed by atoms with Gasteiger partial charge >= 0.3 is 0 Å². The molecule has 0 spiro atoms. The third kappa shape index (κ3) is 3.11. The number of alkyl halides is 1. The van der Waals surface area contributed by atoms with Crippen molar-refractivity contribution in [2.24, 2.45) is 0 Å². The van der Waals surface area contributed by atoms with Crippen molar-refractivity contribution in [2.45, 2.75) is 44.4 Å². The van der Waals surface area contributed by atoms with Gasteiger partial charge in [0, 0.05) is 5.56 Å². The van der Waals surface area contributed by atoms with E-state index >= 15 is 0 Å². The molecule has 1 unspecified atom stereocenters. The lowest BCUT2D eigenvalue weighted by Crippen LogP contribution is -2.15. The fraction of sp³-hybridized carbons (Fsp3) is 0.412. The Labute approximate surface area is 124 Å². The van der Waals surface area contributed by atoms with Gasteiger partial charge in [-0.05, 0) is 36.0 Å². The summed E-state index contributed by atoms with van der Waals surface area (Å²) in [6, 6.07) is 11.0. The molecule has 1 nitrogen and oxygen atoms in total. The predicted octanol–water partition coefficient (Wildman–Crippen LogP) is 5.76. The number of benzene rings is 1. The van der Waals surface area contributed by atoms with E-state index in [1.165, 1.54) is 16.7 Å². The Bertz CT molecular complexity index is 537. The van der Waals surface area contributed by atoms with E-state index < -0.39 is 0 Å². The maximum atomic E-state index is 5.37. The first-order valence-corrected chi connectivity index (χ1v) is 7.65. The molecular formula is C17H21BrO. The number of aryl methyl sites for hydroxylation is 1. The number of furan rings is 1. The normalized spacial score (nSPS) is 13.5. The molecule has 0 amide bonds. The van der Waals surface area contributed by atoms with Crippen molar-refractivity contribution in [2.75, 3.05) is 0 Å². The molecule has 0 aliphatic heterocycles. The van der Waals surface area contributed by atoms with Gasteiger partial charge in [0.25, 0.3) is 0 Å². The largest absolute Gasteiger partial charge is 0.469 e. The van der Waals surface area contributed by atoms with Crippen LogP contribution in [0.4, 0.5) is 0 Å². The lowest BCUT2D eigenvalue weighted by molar-refractivity contribution is 0.506. The Hall–Kier alpha value is -1.02. The molecule has 0 bridgehead atoms. The minimum atomic E-state index is 0.198. The second kappa shape index (κ2) is 5.54. The maximum absolute atomic E-state index is 5.37. The Morgan fingerprint density at radius 3 is 2.26 bits per heavy atom. The molecule has 1 atom stereocenters. The third-order valence-corrected chi connectivity index (χ3v) is 4.97. The van der Waals surface area contributed by atoms with Crippen molar-refractivity contribution in [3.8, 4) is 0 Å². The number of hydrogen-bond donors (Lipinski definition) is 0. The molecule has 0 saturated carbocycles. The molecule has 0 fully saturated rings. The first-order valence-electron chi connectivity index (χ1n) is 6.73. The molecule has 0 saturated heterocycles. The summed E-state index contributed by atoms with van der Waals surface area (Å²) >= 11 is 3.74. The van der Waals surface area contributed by atoms with E-state index in [4.69, 9.17) is 4.42 Å². The monoisotopic (exact) mass is 320 g/mol. The van der Waals surface area contributed by atoms with E-state index in [0.29, 0.717) is 0 Å². The van der Waals surface area contributed by atoms with Gasteiger partial charge in [-0.2, -0.15) is 0 Å². The Kier molecular flexibility index (Phi) is 4.19. The Morgan fingerprint density at radius 1 is 1.16 bits per heavy atom. The predicted molar refractivity (Wildman–Crippen MR) is 84.0 cm³/mol. The van der Waals surface area contributed by atoms with Crippen molar-refractivity contribution < 1.29 is 4.42 Å². The molecule has 1 aromatic carbocycles. The Morgan fingerprint density at radius 2 is 1.79 bits per heavy atom. The van der Waals surface area contributed by atoms with Crippen LogP contribution in [0.3, 0.4) is 0 Å². The highest BCUT2D eigenvalue weighted by Gasteiger charge is 2.19. The summed E-state index contributed by atoms with van der Waals surface area (Å²) in [7, 11) is 0. The molecule has 2 aromatic rings. The van der Waals surface area contributed by atoms with Gasteiger partial charge in [0.05, 0.1) is 11.1 Å². The minimum absolute atomic E-state index is 0.198. The quantitative estimate of drug-likeness (QED) is 0.653. The molecular weight excluding hydrogens is 300 g/mol. The summed E-state index contributed by atoms with van der Waals surface area (Å²) in [6.45, 7) is 8.77. The lowest BCUT2D eigenvalue weighted by atomic mass is 9.82. The molecule has 1 heterocycles. The standard InChI is InChI=1S/C17H21BrO/c1-5-17(3,4)15-8-6-13(7-9-15)16(18)14-10-12(2)19-11-14/h6-11,16H,5H2,1-4H3. The van der Waals surface area contributed by atoms with Crippen LogP contribution in [0.2, 0.25) is 0 Å². The van der Waals surface area contributed by atoms with Crippen LogP contribution < -0.4 is 0 Å². The summed E-state index contributed by atoms with van der Waals surface area (Å²) in [5.41, 5.74) is 4.06. The zero-order valence-corrected chi connectivity index (χ0v) is 13.6. The topological polar surface area (TPSA) is 13.1 Å². The van der Waals surface area contributed by atoms with Crippen molar-refractivity contribution in [1.82, 2.24) is 0 Å². The van der Waals surface area contributed by atoms with Crippen molar-refractivity contribution in [1.29, 1.82) is 0 Å². The van der Waals surface area contributed by atoms with Crippen molar-refractivity contribution >= 4 is 15.9 Å². The minimum Gasteiger partial charge on any atom is -0.469 e. The van der Waals surface area contributed by atoms with E-state index in [1.54, 1.807) is 0 Å². The van der Waals surface area contributed by atoms with Gasteiger partial charge in [0.15, 0.2) is 0 Å². The van der Waals surface area contributed by atoms with E-state index in [2.05, 4.69) is 67.0 Å². The highest BCUT2D eigenvalue weighted by Crippen LogP contribution is 2.34. The molecule has 19 heavy (non-hydrogen) atoms. The van der Waals surface area contributed by atoms with Crippen molar-refractivity contribution in [3.05, 3.63) is 59.0 Å². The summed E-state index contributed by atoms with van der Waals surface area (Å²) < 4.78 is 5.37. The number of halogens is 1. The van der Waals surface area contributed by atoms with E-state index in [1.807, 2.05) is 13.2 Å². The van der Waals surface area contributed by atoms with Crippen molar-refractivity contribution in [3.63, 3.8) is 0 Å². The van der Waals surface area contributed by atoms with Gasteiger partial charge in [-0.3, -0.25) is 0 Å². The molecule has 0 radical (unpaired) electrons. The maximum Gasteiger partial charge on any atom is 0.101 e. The van der Waals surface area contributed by atoms with Gasteiger partial charge in [-0.25, -0.2) is 0 Å². The van der Waals surface area contributed by atoms with Crippen LogP contribution >= 0.6 is 15.9 Å². The second-order valence-electron chi connectivity index (χ2n) is 5.71. The average Bonchev–Trinajstić information content (AvgIpc) is 2.85. The molecule has 102 valence electrons. The molecule has 2 heteroatoms. The highest BCUT2D eigenvalue weighted by molar-refractivity contribution is 9.09. The smallest absolute Gasteiger partial charge is 0.101 e. The number of hydrogen-bond acceptors (Lipinski definition) is 1. The van der Waals surface area contributed by atoms with Crippen LogP contribution in [0.1, 0.15) is 54.5 Å². The summed E-state index contributed by atoms with van der Waals surface area (Å²) in [5, 5.41) is 0. The summed E-state index contributed by atoms with van der Waals surface area (Å²) in [4.78, 5) is 0.198. The molecule has 2 rings (SSSR count). The van der Waals surface area contributed by atoms with Gasteiger partial charge in [0.2, 0.25) is 0 Å². The van der Waals surface area contributed by atoms with Gasteiger partial charge < -0.3 is 4.42 Å². The van der Waals surface area contributed by atoms with E-state index in [-0.39, 0.29) is 10.2 Å². The molecule has 0 aliphatic carbocycles. The van der Waals surface area contributed by atoms with Gasteiger partial charge in [-0.1, -0.05) is 61.0 Å². The molecule has 1 aromatic heterocycles. The second-order valence-corrected chi connectivity index (χ2v) is 6.63. The average molecular weight is 321 g/mol. The fourth-order valence-electron chi connectivity index (χ4n) is 2.10. The van der Waals surface area contributed by atoms with E-state index in [0.717, 1.165) is 12.2 Å². The SMILES string of the molecule is CCC(C)(C)c1ccc(C(Br)c2coc(C)c2)cc1. The van der Waals surface area contributed by atoms with Crippen LogP contribution in [-0.4, -0.2) is 0 Å². The fourth-order valence-corrected chi connectivity index (χ4v) is 2.64. The van der Waals surface area contributed by atoms with Crippen LogP contribution in [0.5, 0.6) is 0 Å². The molecule has 0 aliphatic rings. The number of rotatable bonds is 4. The summed E-state index contributed by atoms with van der Waals surface area (Å²) in [6.07, 6.45) is 2.96. The first kappa shape index (κ1) is 14.4.